The average Bonchev–Trinajstić information content (AvgIpc) is 3.35. The van der Waals surface area contributed by atoms with Crippen molar-refractivity contribution in [2.45, 2.75) is 269 Å². The SMILES string of the molecule is O=C(CCCC1CCCCC1)OCC(COC(=O)CCCC1CCCCC1)OC(=O)CCCCCCCCC(=O)OC(COC(=O)CCCC1CCCCC1)COC(=O)CCCC1CCCCC1. The summed E-state index contributed by atoms with van der Waals surface area (Å²) in [6.45, 7) is -0.542. The number of hydrogen-bond acceptors (Lipinski definition) is 12. The molecule has 4 fully saturated rings. The first-order valence-corrected chi connectivity index (χ1v) is 28.2. The lowest BCUT2D eigenvalue weighted by atomic mass is 9.86. The van der Waals surface area contributed by atoms with Crippen LogP contribution in [0.3, 0.4) is 0 Å². The molecule has 68 heavy (non-hydrogen) atoms. The molecular weight excluding hydrogens is 865 g/mol. The molecule has 0 aromatic heterocycles. The van der Waals surface area contributed by atoms with Gasteiger partial charge in [-0.05, 0) is 87.9 Å². The molecule has 4 rings (SSSR count). The number of esters is 6. The van der Waals surface area contributed by atoms with Crippen molar-refractivity contribution in [3.63, 3.8) is 0 Å². The lowest BCUT2D eigenvalue weighted by Gasteiger charge is -2.21. The van der Waals surface area contributed by atoms with Gasteiger partial charge in [-0.25, -0.2) is 0 Å². The molecule has 0 heterocycles. The molecule has 0 radical (unpaired) electrons. The van der Waals surface area contributed by atoms with Crippen LogP contribution in [0, 0.1) is 23.7 Å². The molecule has 0 aliphatic heterocycles. The van der Waals surface area contributed by atoms with Crippen molar-refractivity contribution < 1.29 is 57.2 Å². The molecule has 0 bridgehead atoms. The molecule has 12 heteroatoms. The minimum atomic E-state index is -0.850. The maximum atomic E-state index is 12.9. The van der Waals surface area contributed by atoms with Crippen LogP contribution < -0.4 is 0 Å². The summed E-state index contributed by atoms with van der Waals surface area (Å²) in [5, 5.41) is 0. The van der Waals surface area contributed by atoms with Crippen molar-refractivity contribution >= 4 is 35.8 Å². The van der Waals surface area contributed by atoms with E-state index in [9.17, 15) is 28.8 Å². The summed E-state index contributed by atoms with van der Waals surface area (Å²) in [5.41, 5.74) is 0. The highest BCUT2D eigenvalue weighted by molar-refractivity contribution is 5.72. The summed E-state index contributed by atoms with van der Waals surface area (Å²) in [4.78, 5) is 76.3. The lowest BCUT2D eigenvalue weighted by molar-refractivity contribution is -0.167. The van der Waals surface area contributed by atoms with Gasteiger partial charge in [0.2, 0.25) is 0 Å². The second-order valence-electron chi connectivity index (χ2n) is 21.2. The quantitative estimate of drug-likeness (QED) is 0.0337. The van der Waals surface area contributed by atoms with Gasteiger partial charge in [-0.15, -0.1) is 0 Å². The first-order chi connectivity index (χ1) is 33.2. The molecular formula is C56H94O12. The van der Waals surface area contributed by atoms with Crippen LogP contribution in [0.4, 0.5) is 0 Å². The molecule has 0 saturated heterocycles. The van der Waals surface area contributed by atoms with E-state index in [1.807, 2.05) is 0 Å². The zero-order chi connectivity index (χ0) is 48.3. The highest BCUT2D eigenvalue weighted by atomic mass is 16.6. The van der Waals surface area contributed by atoms with E-state index in [0.29, 0.717) is 62.2 Å². The maximum absolute atomic E-state index is 12.9. The summed E-state index contributed by atoms with van der Waals surface area (Å²) >= 11 is 0. The third kappa shape index (κ3) is 28.5. The van der Waals surface area contributed by atoms with Gasteiger partial charge in [-0.2, -0.15) is 0 Å². The van der Waals surface area contributed by atoms with Crippen molar-refractivity contribution in [3.05, 3.63) is 0 Å². The molecule has 0 spiro atoms. The molecule has 0 aromatic rings. The standard InChI is InChI=1S/C56H94O12/c57-51(37-19-31-45-23-9-5-10-24-45)63-41-49(42-64-52(58)38-20-32-46-25-11-6-12-26-46)67-55(61)35-17-3-1-2-4-18-36-56(62)68-50(43-65-53(59)39-21-33-47-27-13-7-14-28-47)44-66-54(60)40-22-34-48-29-15-8-16-30-48/h45-50H,1-44H2. The summed E-state index contributed by atoms with van der Waals surface area (Å²) in [5.74, 6) is 0.659. The van der Waals surface area contributed by atoms with E-state index in [4.69, 9.17) is 28.4 Å². The highest BCUT2D eigenvalue weighted by Gasteiger charge is 2.23. The number of carbonyl (C=O) groups excluding carboxylic acids is 6. The molecule has 4 aliphatic rings. The van der Waals surface area contributed by atoms with Gasteiger partial charge >= 0.3 is 35.8 Å². The van der Waals surface area contributed by atoms with E-state index >= 15 is 0 Å². The maximum Gasteiger partial charge on any atom is 0.306 e. The van der Waals surface area contributed by atoms with E-state index in [1.54, 1.807) is 0 Å². The van der Waals surface area contributed by atoms with Gasteiger partial charge in [-0.1, -0.05) is 154 Å². The average molecular weight is 959 g/mol. The van der Waals surface area contributed by atoms with Gasteiger partial charge in [0.15, 0.2) is 12.2 Å². The van der Waals surface area contributed by atoms with Crippen LogP contribution in [0.2, 0.25) is 0 Å². The monoisotopic (exact) mass is 959 g/mol. The van der Waals surface area contributed by atoms with Crippen LogP contribution >= 0.6 is 0 Å². The van der Waals surface area contributed by atoms with Crippen molar-refractivity contribution in [1.29, 1.82) is 0 Å². The summed E-state index contributed by atoms with van der Waals surface area (Å²) in [7, 11) is 0. The molecule has 0 aromatic carbocycles. The largest absolute Gasteiger partial charge is 0.462 e. The second-order valence-corrected chi connectivity index (χ2v) is 21.2. The minimum absolute atomic E-state index is 0.135. The fraction of sp³-hybridized carbons (Fsp3) is 0.893. The Balaban J connectivity index is 1.09. The fourth-order valence-electron chi connectivity index (χ4n) is 11.0. The van der Waals surface area contributed by atoms with Crippen molar-refractivity contribution in [2.24, 2.45) is 23.7 Å². The van der Waals surface area contributed by atoms with Crippen LogP contribution in [0.5, 0.6) is 0 Å². The van der Waals surface area contributed by atoms with Gasteiger partial charge < -0.3 is 28.4 Å². The minimum Gasteiger partial charge on any atom is -0.462 e. The topological polar surface area (TPSA) is 158 Å². The van der Waals surface area contributed by atoms with E-state index in [2.05, 4.69) is 0 Å². The third-order valence-electron chi connectivity index (χ3n) is 15.2. The first-order valence-electron chi connectivity index (χ1n) is 28.2. The molecule has 0 amide bonds. The molecule has 12 nitrogen and oxygen atoms in total. The number of unbranched alkanes of at least 4 members (excludes halogenated alkanes) is 5. The Labute approximate surface area is 410 Å². The molecule has 0 atom stereocenters. The van der Waals surface area contributed by atoms with Crippen LogP contribution in [0.1, 0.15) is 257 Å². The molecule has 0 N–H and O–H groups in total. The van der Waals surface area contributed by atoms with Gasteiger partial charge in [0, 0.05) is 38.5 Å². The molecule has 4 saturated carbocycles. The summed E-state index contributed by atoms with van der Waals surface area (Å²) < 4.78 is 33.5. The number of rotatable bonds is 35. The van der Waals surface area contributed by atoms with Crippen molar-refractivity contribution in [2.75, 3.05) is 26.4 Å². The van der Waals surface area contributed by atoms with Gasteiger partial charge in [0.05, 0.1) is 0 Å². The number of hydrogen-bond donors (Lipinski definition) is 0. The Morgan fingerprint density at radius 2 is 0.500 bits per heavy atom. The Bertz CT molecular complexity index is 1210. The predicted octanol–water partition coefficient (Wildman–Crippen LogP) is 13.1. The number of ether oxygens (including phenoxy) is 6. The van der Waals surface area contributed by atoms with Crippen LogP contribution in [-0.2, 0) is 57.2 Å². The smallest absolute Gasteiger partial charge is 0.306 e. The Hall–Kier alpha value is -3.18. The van der Waals surface area contributed by atoms with Gasteiger partial charge in [-0.3, -0.25) is 28.8 Å². The van der Waals surface area contributed by atoms with Crippen LogP contribution in [0.15, 0.2) is 0 Å². The van der Waals surface area contributed by atoms with E-state index < -0.39 is 24.1 Å². The van der Waals surface area contributed by atoms with E-state index in [0.717, 1.165) is 77.0 Å². The van der Waals surface area contributed by atoms with Gasteiger partial charge in [0.1, 0.15) is 26.4 Å². The zero-order valence-electron chi connectivity index (χ0n) is 42.5. The highest BCUT2D eigenvalue weighted by Crippen LogP contribution is 2.31. The van der Waals surface area contributed by atoms with Crippen LogP contribution in [-0.4, -0.2) is 74.5 Å². The number of carbonyl (C=O) groups is 6. The molecule has 4 aliphatic carbocycles. The Morgan fingerprint density at radius 3 is 0.750 bits per heavy atom. The molecule has 390 valence electrons. The van der Waals surface area contributed by atoms with E-state index in [-0.39, 0.29) is 63.1 Å². The summed E-state index contributed by atoms with van der Waals surface area (Å²) in [6.07, 6.45) is 37.1. The second kappa shape index (κ2) is 36.7. The summed E-state index contributed by atoms with van der Waals surface area (Å²) in [6, 6.07) is 0. The molecule has 0 unspecified atom stereocenters. The van der Waals surface area contributed by atoms with Crippen molar-refractivity contribution in [1.82, 2.24) is 0 Å². The van der Waals surface area contributed by atoms with Crippen LogP contribution in [0.25, 0.3) is 0 Å². The predicted molar refractivity (Wildman–Crippen MR) is 262 cm³/mol. The Morgan fingerprint density at radius 1 is 0.279 bits per heavy atom. The van der Waals surface area contributed by atoms with Gasteiger partial charge in [0.25, 0.3) is 0 Å². The fourth-order valence-corrected chi connectivity index (χ4v) is 11.0. The van der Waals surface area contributed by atoms with Crippen molar-refractivity contribution in [3.8, 4) is 0 Å². The van der Waals surface area contributed by atoms with E-state index in [1.165, 1.54) is 128 Å². The zero-order valence-corrected chi connectivity index (χ0v) is 42.5. The normalized spacial score (nSPS) is 17.7. The first kappa shape index (κ1) is 57.4. The third-order valence-corrected chi connectivity index (χ3v) is 15.2. The lowest BCUT2D eigenvalue weighted by Crippen LogP contribution is -2.31. The Kier molecular flexibility index (Phi) is 31.0.